The normalized spacial score (nSPS) is 13.3. The molecule has 10 nitrogen and oxygen atoms in total. The Morgan fingerprint density at radius 3 is 2.62 bits per heavy atom. The van der Waals surface area contributed by atoms with Crippen molar-refractivity contribution in [1.82, 2.24) is 20.3 Å². The molecule has 1 saturated heterocycles. The largest absolute Gasteiger partial charge is 0.378 e. The highest BCUT2D eigenvalue weighted by atomic mass is 32.1. The number of carbonyl (C=O) groups is 1. The van der Waals surface area contributed by atoms with Gasteiger partial charge in [-0.2, -0.15) is 15.0 Å². The van der Waals surface area contributed by atoms with Crippen LogP contribution >= 0.6 is 23.6 Å². The summed E-state index contributed by atoms with van der Waals surface area (Å²) in [6, 6.07) is 11.2. The second-order valence-electron chi connectivity index (χ2n) is 7.54. The van der Waals surface area contributed by atoms with Crippen LogP contribution in [0.15, 0.2) is 41.8 Å². The number of hydrogen-bond acceptors (Lipinski definition) is 8. The van der Waals surface area contributed by atoms with Crippen molar-refractivity contribution in [3.8, 4) is 0 Å². The molecule has 0 radical (unpaired) electrons. The SMILES string of the molecule is Cc1cccc(NC(=O)Nc2nc(NC(=S)NCCc3cccs3)nc(N3CCOCC3)n2)c1. The van der Waals surface area contributed by atoms with Gasteiger partial charge in [0, 0.05) is 30.2 Å². The number of urea groups is 1. The fourth-order valence-electron chi connectivity index (χ4n) is 3.27. The predicted molar refractivity (Wildman–Crippen MR) is 139 cm³/mol. The number of nitrogens with zero attached hydrogens (tertiary/aromatic N) is 4. The summed E-state index contributed by atoms with van der Waals surface area (Å²) in [5, 5.41) is 14.1. The number of morpholine rings is 1. The third kappa shape index (κ3) is 7.07. The maximum atomic E-state index is 12.6. The zero-order valence-electron chi connectivity index (χ0n) is 18.7. The fraction of sp³-hybridized carbons (Fsp3) is 0.318. The summed E-state index contributed by atoms with van der Waals surface area (Å²) in [7, 11) is 0. The minimum absolute atomic E-state index is 0.116. The van der Waals surface area contributed by atoms with Crippen molar-refractivity contribution in [2.24, 2.45) is 0 Å². The summed E-state index contributed by atoms with van der Waals surface area (Å²) in [6.07, 6.45) is 0.863. The third-order valence-electron chi connectivity index (χ3n) is 4.88. The first-order valence-electron chi connectivity index (χ1n) is 10.9. The molecule has 178 valence electrons. The van der Waals surface area contributed by atoms with E-state index < -0.39 is 6.03 Å². The molecular weight excluding hydrogens is 472 g/mol. The zero-order chi connectivity index (χ0) is 23.8. The molecule has 4 N–H and O–H groups in total. The van der Waals surface area contributed by atoms with Gasteiger partial charge in [0.2, 0.25) is 17.8 Å². The molecule has 1 aromatic carbocycles. The van der Waals surface area contributed by atoms with Gasteiger partial charge in [0.15, 0.2) is 5.11 Å². The van der Waals surface area contributed by atoms with E-state index in [1.807, 2.05) is 47.5 Å². The molecule has 34 heavy (non-hydrogen) atoms. The molecule has 0 saturated carbocycles. The number of ether oxygens (including phenoxy) is 1. The Morgan fingerprint density at radius 2 is 1.88 bits per heavy atom. The molecule has 12 heteroatoms. The minimum atomic E-state index is -0.452. The smallest absolute Gasteiger partial charge is 0.326 e. The Morgan fingerprint density at radius 1 is 1.09 bits per heavy atom. The Bertz CT molecular complexity index is 1120. The Labute approximate surface area is 207 Å². The molecule has 0 bridgehead atoms. The molecular formula is C22H26N8O2S2. The summed E-state index contributed by atoms with van der Waals surface area (Å²) in [4.78, 5) is 29.1. The van der Waals surface area contributed by atoms with Crippen LogP contribution in [0.4, 0.5) is 28.3 Å². The second kappa shape index (κ2) is 11.7. The molecule has 1 aliphatic heterocycles. The van der Waals surface area contributed by atoms with Crippen molar-refractivity contribution >= 4 is 58.2 Å². The Kier molecular flexibility index (Phi) is 8.17. The molecule has 1 fully saturated rings. The van der Waals surface area contributed by atoms with E-state index in [-0.39, 0.29) is 11.9 Å². The molecule has 0 atom stereocenters. The minimum Gasteiger partial charge on any atom is -0.378 e. The standard InChI is InChI=1S/C22H26N8O2S2/c1-15-4-2-5-16(14-15)24-21(31)28-18-25-19(27-20(26-18)30-9-11-32-12-10-30)29-22(33)23-8-7-17-6-3-13-34-17/h2-6,13-14H,7-12H2,1H3,(H4,23,24,25,26,27,28,29,31,33). The molecule has 1 aliphatic rings. The lowest BCUT2D eigenvalue weighted by Crippen LogP contribution is -2.38. The van der Waals surface area contributed by atoms with Crippen molar-refractivity contribution in [1.29, 1.82) is 0 Å². The van der Waals surface area contributed by atoms with Crippen LogP contribution in [0.5, 0.6) is 0 Å². The first-order chi connectivity index (χ1) is 16.5. The number of benzene rings is 1. The number of thiophene rings is 1. The van der Waals surface area contributed by atoms with Crippen molar-refractivity contribution < 1.29 is 9.53 Å². The van der Waals surface area contributed by atoms with Crippen molar-refractivity contribution in [2.45, 2.75) is 13.3 Å². The van der Waals surface area contributed by atoms with Crippen LogP contribution in [0.3, 0.4) is 0 Å². The van der Waals surface area contributed by atoms with Crippen LogP contribution in [-0.2, 0) is 11.2 Å². The molecule has 4 rings (SSSR count). The number of nitrogens with one attached hydrogen (secondary N) is 4. The van der Waals surface area contributed by atoms with Gasteiger partial charge < -0.3 is 25.6 Å². The monoisotopic (exact) mass is 498 g/mol. The molecule has 0 aliphatic carbocycles. The van der Waals surface area contributed by atoms with E-state index in [1.54, 1.807) is 11.3 Å². The highest BCUT2D eigenvalue weighted by Gasteiger charge is 2.18. The number of aryl methyl sites for hydroxylation is 1. The first-order valence-corrected chi connectivity index (χ1v) is 12.1. The second-order valence-corrected chi connectivity index (χ2v) is 8.98. The number of rotatable bonds is 7. The van der Waals surface area contributed by atoms with Gasteiger partial charge in [0.05, 0.1) is 13.2 Å². The zero-order valence-corrected chi connectivity index (χ0v) is 20.3. The summed E-state index contributed by atoms with van der Waals surface area (Å²) in [5.74, 6) is 0.801. The maximum absolute atomic E-state index is 12.6. The summed E-state index contributed by atoms with van der Waals surface area (Å²) in [5.41, 5.74) is 1.72. The molecule has 2 aromatic heterocycles. The van der Waals surface area contributed by atoms with E-state index in [4.69, 9.17) is 17.0 Å². The predicted octanol–water partition coefficient (Wildman–Crippen LogP) is 3.25. The van der Waals surface area contributed by atoms with Gasteiger partial charge in [0.25, 0.3) is 0 Å². The lowest BCUT2D eigenvalue weighted by Gasteiger charge is -2.27. The van der Waals surface area contributed by atoms with Gasteiger partial charge in [-0.25, -0.2) is 4.79 Å². The number of aromatic nitrogens is 3. The molecule has 2 amide bonds. The van der Waals surface area contributed by atoms with Crippen LogP contribution in [0, 0.1) is 6.92 Å². The lowest BCUT2D eigenvalue weighted by atomic mass is 10.2. The van der Waals surface area contributed by atoms with E-state index in [0.717, 1.165) is 12.0 Å². The number of amides is 2. The van der Waals surface area contributed by atoms with E-state index in [9.17, 15) is 4.79 Å². The van der Waals surface area contributed by atoms with Crippen LogP contribution < -0.4 is 26.2 Å². The van der Waals surface area contributed by atoms with E-state index in [0.29, 0.717) is 49.6 Å². The van der Waals surface area contributed by atoms with Gasteiger partial charge in [-0.05, 0) is 54.7 Å². The highest BCUT2D eigenvalue weighted by molar-refractivity contribution is 7.80. The van der Waals surface area contributed by atoms with Crippen LogP contribution in [0.1, 0.15) is 10.4 Å². The number of carbonyl (C=O) groups excluding carboxylic acids is 1. The molecule has 0 spiro atoms. The fourth-order valence-corrected chi connectivity index (χ4v) is 4.17. The average Bonchev–Trinajstić information content (AvgIpc) is 3.33. The number of anilines is 4. The summed E-state index contributed by atoms with van der Waals surface area (Å²) in [6.45, 7) is 5.07. The van der Waals surface area contributed by atoms with E-state index >= 15 is 0 Å². The Balaban J connectivity index is 1.43. The lowest BCUT2D eigenvalue weighted by molar-refractivity contribution is 0.122. The van der Waals surface area contributed by atoms with Gasteiger partial charge in [-0.15, -0.1) is 11.3 Å². The van der Waals surface area contributed by atoms with Crippen molar-refractivity contribution in [3.63, 3.8) is 0 Å². The maximum Gasteiger partial charge on any atom is 0.326 e. The van der Waals surface area contributed by atoms with Gasteiger partial charge in [-0.1, -0.05) is 18.2 Å². The summed E-state index contributed by atoms with van der Waals surface area (Å²) < 4.78 is 5.42. The number of thiocarbonyl (C=S) groups is 1. The van der Waals surface area contributed by atoms with Crippen LogP contribution in [-0.4, -0.2) is 58.9 Å². The first kappa shape index (κ1) is 23.8. The van der Waals surface area contributed by atoms with Crippen LogP contribution in [0.2, 0.25) is 0 Å². The van der Waals surface area contributed by atoms with Gasteiger partial charge in [-0.3, -0.25) is 5.32 Å². The highest BCUT2D eigenvalue weighted by Crippen LogP contribution is 2.16. The number of hydrogen-bond donors (Lipinski definition) is 4. The van der Waals surface area contributed by atoms with E-state index in [2.05, 4.69) is 42.3 Å². The van der Waals surface area contributed by atoms with Crippen molar-refractivity contribution in [2.75, 3.05) is 53.7 Å². The third-order valence-corrected chi connectivity index (χ3v) is 6.06. The Hall–Kier alpha value is -3.35. The molecule has 0 unspecified atom stereocenters. The van der Waals surface area contributed by atoms with Crippen molar-refractivity contribution in [3.05, 3.63) is 52.2 Å². The van der Waals surface area contributed by atoms with E-state index in [1.165, 1.54) is 4.88 Å². The summed E-state index contributed by atoms with van der Waals surface area (Å²) >= 11 is 7.11. The topological polar surface area (TPSA) is 116 Å². The van der Waals surface area contributed by atoms with Gasteiger partial charge >= 0.3 is 6.03 Å². The van der Waals surface area contributed by atoms with Gasteiger partial charge in [0.1, 0.15) is 0 Å². The molecule has 3 heterocycles. The average molecular weight is 499 g/mol. The van der Waals surface area contributed by atoms with Crippen LogP contribution in [0.25, 0.3) is 0 Å². The quantitative estimate of drug-likeness (QED) is 0.364. The molecule has 3 aromatic rings.